The third-order valence-electron chi connectivity index (χ3n) is 2.96. The average Bonchev–Trinajstić information content (AvgIpc) is 2.51. The quantitative estimate of drug-likeness (QED) is 0.728. The maximum atomic E-state index is 11.9. The summed E-state index contributed by atoms with van der Waals surface area (Å²) in [6.45, 7) is 3.38. The Kier molecular flexibility index (Phi) is 7.74. The molecule has 0 aromatic heterocycles. The van der Waals surface area contributed by atoms with Crippen LogP contribution in [0.4, 0.5) is 0 Å². The number of carbonyl (C=O) groups excluding carboxylic acids is 3. The molecule has 0 saturated carbocycles. The highest BCUT2D eigenvalue weighted by Crippen LogP contribution is 2.16. The van der Waals surface area contributed by atoms with Gasteiger partial charge in [-0.05, 0) is 40.4 Å². The van der Waals surface area contributed by atoms with E-state index in [0.29, 0.717) is 16.5 Å². The van der Waals surface area contributed by atoms with Gasteiger partial charge >= 0.3 is 11.9 Å². The van der Waals surface area contributed by atoms with Crippen LogP contribution in [0.15, 0.2) is 28.7 Å². The molecule has 1 amide bonds. The highest BCUT2D eigenvalue weighted by Gasteiger charge is 2.23. The first-order valence-corrected chi connectivity index (χ1v) is 7.93. The zero-order valence-corrected chi connectivity index (χ0v) is 14.9. The molecular weight excluding hydrogens is 366 g/mol. The fourth-order valence-electron chi connectivity index (χ4n) is 1.90. The van der Waals surface area contributed by atoms with Crippen molar-refractivity contribution in [3.63, 3.8) is 0 Å². The van der Waals surface area contributed by atoms with Gasteiger partial charge in [-0.3, -0.25) is 4.79 Å². The Morgan fingerprint density at radius 1 is 1.22 bits per heavy atom. The molecule has 0 aliphatic heterocycles. The van der Waals surface area contributed by atoms with Crippen molar-refractivity contribution in [3.05, 3.63) is 34.3 Å². The molecule has 0 aliphatic rings. The Balaban J connectivity index is 2.56. The number of amides is 1. The van der Waals surface area contributed by atoms with E-state index in [-0.39, 0.29) is 5.92 Å². The topological polar surface area (TPSA) is 81.7 Å². The summed E-state index contributed by atoms with van der Waals surface area (Å²) in [5, 5.41) is 2.52. The largest absolute Gasteiger partial charge is 0.467 e. The van der Waals surface area contributed by atoms with E-state index in [1.807, 2.05) is 13.8 Å². The third kappa shape index (κ3) is 6.40. The number of rotatable bonds is 7. The molecule has 1 atom stereocenters. The molecule has 0 spiro atoms. The zero-order valence-electron chi connectivity index (χ0n) is 13.3. The first-order valence-electron chi connectivity index (χ1n) is 7.14. The Morgan fingerprint density at radius 2 is 1.87 bits per heavy atom. The van der Waals surface area contributed by atoms with Gasteiger partial charge in [0.25, 0.3) is 5.91 Å². The smallest absolute Gasteiger partial charge is 0.339 e. The van der Waals surface area contributed by atoms with Crippen molar-refractivity contribution >= 4 is 33.8 Å². The lowest BCUT2D eigenvalue weighted by molar-refractivity contribution is -0.145. The first kappa shape index (κ1) is 19.2. The molecule has 7 heteroatoms. The molecule has 0 aliphatic carbocycles. The van der Waals surface area contributed by atoms with Crippen LogP contribution in [-0.4, -0.2) is 37.6 Å². The van der Waals surface area contributed by atoms with Crippen LogP contribution in [0.1, 0.15) is 30.6 Å². The fraction of sp³-hybridized carbons (Fsp3) is 0.438. The van der Waals surface area contributed by atoms with Crippen LogP contribution in [0.2, 0.25) is 0 Å². The predicted octanol–water partition coefficient (Wildman–Crippen LogP) is 2.31. The molecule has 1 aromatic carbocycles. The van der Waals surface area contributed by atoms with Gasteiger partial charge in [-0.1, -0.05) is 26.0 Å². The van der Waals surface area contributed by atoms with Gasteiger partial charge in [0.2, 0.25) is 0 Å². The van der Waals surface area contributed by atoms with Crippen LogP contribution in [0.25, 0.3) is 0 Å². The molecule has 0 radical (unpaired) electrons. The molecule has 23 heavy (non-hydrogen) atoms. The first-order chi connectivity index (χ1) is 10.8. The number of methoxy groups -OCH3 is 1. The maximum absolute atomic E-state index is 11.9. The summed E-state index contributed by atoms with van der Waals surface area (Å²) in [5.74, 6) is -1.50. The summed E-state index contributed by atoms with van der Waals surface area (Å²) in [6, 6.07) is 5.99. The molecule has 0 heterocycles. The van der Waals surface area contributed by atoms with Crippen LogP contribution in [-0.2, 0) is 19.1 Å². The lowest BCUT2D eigenvalue weighted by atomic mass is 10.0. The summed E-state index contributed by atoms with van der Waals surface area (Å²) in [7, 11) is 1.26. The molecule has 0 unspecified atom stereocenters. The number of nitrogens with one attached hydrogen (secondary N) is 1. The van der Waals surface area contributed by atoms with E-state index in [4.69, 9.17) is 4.74 Å². The monoisotopic (exact) mass is 385 g/mol. The summed E-state index contributed by atoms with van der Waals surface area (Å²) in [6.07, 6.45) is 0.441. The number of ether oxygens (including phenoxy) is 2. The zero-order chi connectivity index (χ0) is 17.4. The van der Waals surface area contributed by atoms with E-state index < -0.39 is 30.5 Å². The van der Waals surface area contributed by atoms with Crippen molar-refractivity contribution in [1.82, 2.24) is 5.32 Å². The van der Waals surface area contributed by atoms with Crippen molar-refractivity contribution in [2.45, 2.75) is 26.3 Å². The van der Waals surface area contributed by atoms with Crippen molar-refractivity contribution in [1.29, 1.82) is 0 Å². The molecule has 0 fully saturated rings. The van der Waals surface area contributed by atoms with Gasteiger partial charge in [-0.2, -0.15) is 0 Å². The van der Waals surface area contributed by atoms with Gasteiger partial charge in [0, 0.05) is 4.47 Å². The summed E-state index contributed by atoms with van der Waals surface area (Å²) in [4.78, 5) is 35.4. The molecule has 0 saturated heterocycles. The normalized spacial score (nSPS) is 11.7. The van der Waals surface area contributed by atoms with Crippen LogP contribution in [0.3, 0.4) is 0 Å². The Bertz CT molecular complexity index is 573. The second-order valence-electron chi connectivity index (χ2n) is 5.33. The molecule has 6 nitrogen and oxygen atoms in total. The summed E-state index contributed by atoms with van der Waals surface area (Å²) < 4.78 is 10.2. The van der Waals surface area contributed by atoms with Crippen molar-refractivity contribution in [3.8, 4) is 0 Å². The lowest BCUT2D eigenvalue weighted by Crippen LogP contribution is -2.44. The fourth-order valence-corrected chi connectivity index (χ4v) is 2.35. The number of carbonyl (C=O) groups is 3. The van der Waals surface area contributed by atoms with Gasteiger partial charge in [-0.15, -0.1) is 0 Å². The molecule has 0 bridgehead atoms. The molecule has 126 valence electrons. The Labute approximate surface area is 143 Å². The van der Waals surface area contributed by atoms with Gasteiger partial charge < -0.3 is 14.8 Å². The van der Waals surface area contributed by atoms with Crippen molar-refractivity contribution in [2.75, 3.05) is 13.7 Å². The van der Waals surface area contributed by atoms with E-state index in [0.717, 1.165) is 0 Å². The number of halogens is 1. The van der Waals surface area contributed by atoms with Crippen molar-refractivity contribution in [2.24, 2.45) is 5.92 Å². The number of benzene rings is 1. The second kappa shape index (κ2) is 9.29. The molecular formula is C16H20BrNO5. The third-order valence-corrected chi connectivity index (χ3v) is 3.65. The average molecular weight is 386 g/mol. The highest BCUT2D eigenvalue weighted by molar-refractivity contribution is 9.10. The van der Waals surface area contributed by atoms with Crippen molar-refractivity contribution < 1.29 is 23.9 Å². The van der Waals surface area contributed by atoms with Gasteiger partial charge in [0.1, 0.15) is 6.04 Å². The Hall–Kier alpha value is -1.89. The van der Waals surface area contributed by atoms with Crippen LogP contribution < -0.4 is 5.32 Å². The SMILES string of the molecule is COC(=O)[C@@H](CC(C)C)NC(=O)COC(=O)c1ccccc1Br. The van der Waals surface area contributed by atoms with Gasteiger partial charge in [-0.25, -0.2) is 9.59 Å². The summed E-state index contributed by atoms with van der Waals surface area (Å²) >= 11 is 3.24. The van der Waals surface area contributed by atoms with E-state index in [1.54, 1.807) is 24.3 Å². The van der Waals surface area contributed by atoms with Crippen LogP contribution >= 0.6 is 15.9 Å². The van der Waals surface area contributed by atoms with E-state index in [1.165, 1.54) is 7.11 Å². The number of hydrogen-bond donors (Lipinski definition) is 1. The van der Waals surface area contributed by atoms with Crippen LogP contribution in [0.5, 0.6) is 0 Å². The minimum atomic E-state index is -0.755. The Morgan fingerprint density at radius 3 is 2.43 bits per heavy atom. The van der Waals surface area contributed by atoms with E-state index in [9.17, 15) is 14.4 Å². The second-order valence-corrected chi connectivity index (χ2v) is 6.18. The standard InChI is InChI=1S/C16H20BrNO5/c1-10(2)8-13(16(21)22-3)18-14(19)9-23-15(20)11-6-4-5-7-12(11)17/h4-7,10,13H,8-9H2,1-3H3,(H,18,19)/t13-/m1/s1. The maximum Gasteiger partial charge on any atom is 0.339 e. The van der Waals surface area contributed by atoms with Gasteiger partial charge in [0.05, 0.1) is 12.7 Å². The van der Waals surface area contributed by atoms with E-state index >= 15 is 0 Å². The molecule has 1 N–H and O–H groups in total. The lowest BCUT2D eigenvalue weighted by Gasteiger charge is -2.18. The molecule has 1 rings (SSSR count). The predicted molar refractivity (Wildman–Crippen MR) is 87.8 cm³/mol. The van der Waals surface area contributed by atoms with Gasteiger partial charge in [0.15, 0.2) is 6.61 Å². The van der Waals surface area contributed by atoms with Crippen LogP contribution in [0, 0.1) is 5.92 Å². The minimum absolute atomic E-state index is 0.197. The number of esters is 2. The molecule has 1 aromatic rings. The minimum Gasteiger partial charge on any atom is -0.467 e. The van der Waals surface area contributed by atoms with E-state index in [2.05, 4.69) is 26.0 Å². The number of hydrogen-bond acceptors (Lipinski definition) is 5. The highest BCUT2D eigenvalue weighted by atomic mass is 79.9. The summed E-state index contributed by atoms with van der Waals surface area (Å²) in [5.41, 5.74) is 0.326.